The minimum atomic E-state index is -0.764. The van der Waals surface area contributed by atoms with Crippen molar-refractivity contribution in [3.63, 3.8) is 0 Å². The van der Waals surface area contributed by atoms with Gasteiger partial charge < -0.3 is 19.9 Å². The number of primary amides is 1. The van der Waals surface area contributed by atoms with Gasteiger partial charge in [-0.2, -0.15) is 5.10 Å². The van der Waals surface area contributed by atoms with Gasteiger partial charge in [0, 0.05) is 0 Å². The van der Waals surface area contributed by atoms with Gasteiger partial charge in [-0.3, -0.25) is 0 Å². The number of methoxy groups -OCH3 is 2. The summed E-state index contributed by atoms with van der Waals surface area (Å²) >= 11 is 0. The Hall–Kier alpha value is -2.77. The fraction of sp³-hybridized carbons (Fsp3) is 0.308. The van der Waals surface area contributed by atoms with E-state index in [4.69, 9.17) is 15.2 Å². The molecule has 0 radical (unpaired) electrons. The van der Waals surface area contributed by atoms with Gasteiger partial charge in [0.25, 0.3) is 0 Å². The van der Waals surface area contributed by atoms with Crippen LogP contribution in [0.5, 0.6) is 11.5 Å². The number of rotatable bonds is 6. The van der Waals surface area contributed by atoms with Crippen LogP contribution in [0.1, 0.15) is 12.5 Å². The van der Waals surface area contributed by atoms with Crippen molar-refractivity contribution in [1.29, 1.82) is 0 Å². The molecule has 0 aromatic heterocycles. The molecule has 114 valence electrons. The number of esters is 1. The van der Waals surface area contributed by atoms with Crippen LogP contribution in [-0.2, 0) is 9.53 Å². The standard InChI is InChI=1S/C13H17N3O5/c1-8(12(17)20-3)21-10-5-4-9(6-11(10)19-2)7-15-16-13(14)18/h4-8H,1-3H3,(H3,14,16,18). The summed E-state index contributed by atoms with van der Waals surface area (Å²) in [7, 11) is 2.75. The lowest BCUT2D eigenvalue weighted by Gasteiger charge is -2.15. The number of nitrogens with two attached hydrogens (primary N) is 1. The number of benzene rings is 1. The van der Waals surface area contributed by atoms with Gasteiger partial charge in [-0.05, 0) is 30.7 Å². The predicted molar refractivity (Wildman–Crippen MR) is 75.4 cm³/mol. The van der Waals surface area contributed by atoms with E-state index in [1.807, 2.05) is 0 Å². The molecule has 0 aliphatic carbocycles. The molecule has 1 unspecified atom stereocenters. The molecule has 2 amide bonds. The Kier molecular flexibility index (Phi) is 5.99. The zero-order valence-electron chi connectivity index (χ0n) is 12.0. The molecule has 0 spiro atoms. The van der Waals surface area contributed by atoms with Crippen molar-refractivity contribution in [2.75, 3.05) is 14.2 Å². The topological polar surface area (TPSA) is 112 Å². The summed E-state index contributed by atoms with van der Waals surface area (Å²) in [6.45, 7) is 1.57. The van der Waals surface area contributed by atoms with Crippen LogP contribution in [0.2, 0.25) is 0 Å². The van der Waals surface area contributed by atoms with Gasteiger partial charge in [0.2, 0.25) is 0 Å². The van der Waals surface area contributed by atoms with Gasteiger partial charge >= 0.3 is 12.0 Å². The maximum atomic E-state index is 11.3. The van der Waals surface area contributed by atoms with E-state index < -0.39 is 18.1 Å². The third kappa shape index (κ3) is 5.01. The average molecular weight is 295 g/mol. The number of hydrogen-bond acceptors (Lipinski definition) is 6. The maximum Gasteiger partial charge on any atom is 0.346 e. The highest BCUT2D eigenvalue weighted by molar-refractivity contribution is 5.82. The van der Waals surface area contributed by atoms with E-state index in [0.717, 1.165) is 0 Å². The SMILES string of the molecule is COC(=O)C(C)Oc1ccc(C=NNC(N)=O)cc1OC. The van der Waals surface area contributed by atoms with Crippen molar-refractivity contribution in [2.24, 2.45) is 10.8 Å². The molecular weight excluding hydrogens is 278 g/mol. The minimum absolute atomic E-state index is 0.385. The Morgan fingerprint density at radius 3 is 2.62 bits per heavy atom. The fourth-order valence-electron chi connectivity index (χ4n) is 1.44. The number of amides is 2. The molecular formula is C13H17N3O5. The molecule has 1 aromatic rings. The highest BCUT2D eigenvalue weighted by Gasteiger charge is 2.17. The number of carbonyl (C=O) groups excluding carboxylic acids is 2. The largest absolute Gasteiger partial charge is 0.493 e. The lowest BCUT2D eigenvalue weighted by molar-refractivity contribution is -0.147. The van der Waals surface area contributed by atoms with Gasteiger partial charge in [0.05, 0.1) is 20.4 Å². The zero-order valence-corrected chi connectivity index (χ0v) is 12.0. The molecule has 1 atom stereocenters. The second-order valence-corrected chi connectivity index (χ2v) is 3.93. The van der Waals surface area contributed by atoms with E-state index in [1.54, 1.807) is 25.1 Å². The maximum absolute atomic E-state index is 11.3. The van der Waals surface area contributed by atoms with E-state index in [1.165, 1.54) is 20.4 Å². The number of hydrazone groups is 1. The molecule has 0 aliphatic heterocycles. The lowest BCUT2D eigenvalue weighted by Crippen LogP contribution is -2.25. The zero-order chi connectivity index (χ0) is 15.8. The number of nitrogens with one attached hydrogen (secondary N) is 1. The summed E-state index contributed by atoms with van der Waals surface area (Å²) in [5, 5.41) is 3.63. The number of carbonyl (C=O) groups is 2. The molecule has 0 fully saturated rings. The molecule has 1 rings (SSSR count). The monoisotopic (exact) mass is 295 g/mol. The van der Waals surface area contributed by atoms with Crippen molar-refractivity contribution in [2.45, 2.75) is 13.0 Å². The molecule has 0 aliphatic rings. The van der Waals surface area contributed by atoms with Crippen molar-refractivity contribution in [1.82, 2.24) is 5.43 Å². The van der Waals surface area contributed by atoms with Crippen molar-refractivity contribution >= 4 is 18.2 Å². The van der Waals surface area contributed by atoms with E-state index in [0.29, 0.717) is 17.1 Å². The minimum Gasteiger partial charge on any atom is -0.493 e. The fourth-order valence-corrected chi connectivity index (χ4v) is 1.44. The predicted octanol–water partition coefficient (Wildman–Crippen LogP) is 0.638. The second-order valence-electron chi connectivity index (χ2n) is 3.93. The molecule has 0 heterocycles. The summed E-state index contributed by atoms with van der Waals surface area (Å²) in [5.74, 6) is 0.303. The van der Waals surface area contributed by atoms with Gasteiger partial charge in [-0.15, -0.1) is 0 Å². The Bertz CT molecular complexity index is 545. The van der Waals surface area contributed by atoms with E-state index in [2.05, 4.69) is 15.3 Å². The van der Waals surface area contributed by atoms with Crippen LogP contribution in [0.4, 0.5) is 4.79 Å². The van der Waals surface area contributed by atoms with Crippen molar-refractivity contribution in [3.05, 3.63) is 23.8 Å². The molecule has 21 heavy (non-hydrogen) atoms. The highest BCUT2D eigenvalue weighted by Crippen LogP contribution is 2.28. The lowest BCUT2D eigenvalue weighted by atomic mass is 10.2. The van der Waals surface area contributed by atoms with Gasteiger partial charge in [-0.1, -0.05) is 0 Å². The summed E-state index contributed by atoms with van der Waals surface area (Å²) in [4.78, 5) is 21.8. The van der Waals surface area contributed by atoms with E-state index >= 15 is 0 Å². The van der Waals surface area contributed by atoms with E-state index in [9.17, 15) is 9.59 Å². The molecule has 0 saturated carbocycles. The normalized spacial score (nSPS) is 11.8. The summed E-state index contributed by atoms with van der Waals surface area (Å²) in [5.41, 5.74) is 7.61. The Morgan fingerprint density at radius 2 is 2.05 bits per heavy atom. The van der Waals surface area contributed by atoms with Crippen LogP contribution in [0.15, 0.2) is 23.3 Å². The summed E-state index contributed by atoms with van der Waals surface area (Å²) < 4.78 is 15.2. The first-order valence-electron chi connectivity index (χ1n) is 5.99. The molecule has 0 bridgehead atoms. The number of nitrogens with zero attached hydrogens (tertiary/aromatic N) is 1. The van der Waals surface area contributed by atoms with Gasteiger partial charge in [-0.25, -0.2) is 15.0 Å². The first kappa shape index (κ1) is 16.3. The van der Waals surface area contributed by atoms with E-state index in [-0.39, 0.29) is 0 Å². The Labute approximate surface area is 121 Å². The van der Waals surface area contributed by atoms with Crippen LogP contribution in [0.3, 0.4) is 0 Å². The first-order valence-corrected chi connectivity index (χ1v) is 5.99. The Balaban J connectivity index is 2.86. The number of hydrogen-bond donors (Lipinski definition) is 2. The highest BCUT2D eigenvalue weighted by atomic mass is 16.6. The first-order chi connectivity index (χ1) is 9.97. The molecule has 3 N–H and O–H groups in total. The summed E-state index contributed by atoms with van der Waals surface area (Å²) in [6.07, 6.45) is 0.626. The quantitative estimate of drug-likeness (QED) is 0.454. The molecule has 8 nitrogen and oxygen atoms in total. The average Bonchev–Trinajstić information content (AvgIpc) is 2.47. The van der Waals surface area contributed by atoms with Crippen LogP contribution in [-0.4, -0.2) is 38.5 Å². The number of ether oxygens (including phenoxy) is 3. The van der Waals surface area contributed by atoms with Crippen molar-refractivity contribution < 1.29 is 23.8 Å². The van der Waals surface area contributed by atoms with Crippen LogP contribution in [0, 0.1) is 0 Å². The van der Waals surface area contributed by atoms with Crippen molar-refractivity contribution in [3.8, 4) is 11.5 Å². The summed E-state index contributed by atoms with van der Waals surface area (Å²) in [6, 6.07) is 4.16. The molecule has 1 aromatic carbocycles. The smallest absolute Gasteiger partial charge is 0.346 e. The van der Waals surface area contributed by atoms with Crippen LogP contribution >= 0.6 is 0 Å². The molecule has 0 saturated heterocycles. The molecule has 8 heteroatoms. The second kappa shape index (κ2) is 7.73. The van der Waals surface area contributed by atoms with Crippen LogP contribution < -0.4 is 20.6 Å². The van der Waals surface area contributed by atoms with Gasteiger partial charge in [0.15, 0.2) is 17.6 Å². The third-order valence-corrected chi connectivity index (χ3v) is 2.41. The Morgan fingerprint density at radius 1 is 1.33 bits per heavy atom. The number of urea groups is 1. The third-order valence-electron chi connectivity index (χ3n) is 2.41. The van der Waals surface area contributed by atoms with Gasteiger partial charge in [0.1, 0.15) is 0 Å². The van der Waals surface area contributed by atoms with Crippen LogP contribution in [0.25, 0.3) is 0 Å².